The molecule has 0 bridgehead atoms. The molecule has 0 aromatic carbocycles. The summed E-state index contributed by atoms with van der Waals surface area (Å²) in [6.07, 6.45) is -0.386. The van der Waals surface area contributed by atoms with Crippen molar-refractivity contribution in [1.82, 2.24) is 20.0 Å². The summed E-state index contributed by atoms with van der Waals surface area (Å²) in [7, 11) is 4.19. The number of likely N-dealkylation sites (tertiary alicyclic amines) is 1. The van der Waals surface area contributed by atoms with Crippen molar-refractivity contribution in [3.05, 3.63) is 0 Å². The van der Waals surface area contributed by atoms with Crippen molar-refractivity contribution in [3.63, 3.8) is 0 Å². The number of carbonyl (C=O) groups is 2. The van der Waals surface area contributed by atoms with E-state index in [1.54, 1.807) is 4.90 Å². The fourth-order valence-electron chi connectivity index (χ4n) is 3.37. The van der Waals surface area contributed by atoms with Crippen LogP contribution in [-0.2, 0) is 9.53 Å². The monoisotopic (exact) mass is 356 g/mol. The van der Waals surface area contributed by atoms with Crippen LogP contribution in [0.5, 0.6) is 0 Å². The van der Waals surface area contributed by atoms with Gasteiger partial charge in [0.15, 0.2) is 0 Å². The van der Waals surface area contributed by atoms with E-state index in [4.69, 9.17) is 4.74 Å². The molecular formula is C17H32N4O4. The van der Waals surface area contributed by atoms with Crippen molar-refractivity contribution >= 4 is 12.1 Å². The Morgan fingerprint density at radius 2 is 1.88 bits per heavy atom. The molecule has 2 N–H and O–H groups in total. The number of rotatable bonds is 5. The second-order valence-electron chi connectivity index (χ2n) is 8.46. The van der Waals surface area contributed by atoms with Gasteiger partial charge in [0.05, 0.1) is 12.0 Å². The van der Waals surface area contributed by atoms with Crippen molar-refractivity contribution in [2.75, 3.05) is 53.4 Å². The van der Waals surface area contributed by atoms with Crippen LogP contribution in [-0.4, -0.2) is 102 Å². The Labute approximate surface area is 150 Å². The fourth-order valence-corrected chi connectivity index (χ4v) is 3.37. The second-order valence-corrected chi connectivity index (χ2v) is 8.46. The van der Waals surface area contributed by atoms with Crippen molar-refractivity contribution in [2.24, 2.45) is 0 Å². The van der Waals surface area contributed by atoms with E-state index in [2.05, 4.69) is 29.2 Å². The van der Waals surface area contributed by atoms with Gasteiger partial charge in [0.1, 0.15) is 5.60 Å². The second kappa shape index (κ2) is 7.47. The number of hydrogen-bond donors (Lipinski definition) is 2. The first-order valence-corrected chi connectivity index (χ1v) is 8.83. The van der Waals surface area contributed by atoms with E-state index >= 15 is 0 Å². The number of nitrogens with zero attached hydrogens (tertiary/aromatic N) is 3. The van der Waals surface area contributed by atoms with Crippen LogP contribution in [0.15, 0.2) is 0 Å². The van der Waals surface area contributed by atoms with E-state index in [1.165, 1.54) is 0 Å². The van der Waals surface area contributed by atoms with Crippen LogP contribution in [0.2, 0.25) is 0 Å². The number of piperazine rings is 1. The number of nitrogens with one attached hydrogen (secondary N) is 1. The van der Waals surface area contributed by atoms with Gasteiger partial charge in [-0.15, -0.1) is 0 Å². The lowest BCUT2D eigenvalue weighted by atomic mass is 9.86. The first-order valence-electron chi connectivity index (χ1n) is 8.83. The zero-order valence-corrected chi connectivity index (χ0v) is 16.0. The number of hydrogen-bond acceptors (Lipinski definition) is 6. The first kappa shape index (κ1) is 19.9. The molecule has 8 nitrogen and oxygen atoms in total. The first-order chi connectivity index (χ1) is 11.5. The van der Waals surface area contributed by atoms with Crippen LogP contribution < -0.4 is 5.32 Å². The Morgan fingerprint density at radius 3 is 2.44 bits per heavy atom. The molecule has 2 rings (SSSR count). The van der Waals surface area contributed by atoms with Gasteiger partial charge < -0.3 is 25.0 Å². The van der Waals surface area contributed by atoms with E-state index in [1.807, 2.05) is 20.8 Å². The van der Waals surface area contributed by atoms with Crippen molar-refractivity contribution in [3.8, 4) is 0 Å². The lowest BCUT2D eigenvalue weighted by molar-refractivity contribution is -0.141. The minimum Gasteiger partial charge on any atom is -0.481 e. The third kappa shape index (κ3) is 5.55. The summed E-state index contributed by atoms with van der Waals surface area (Å²) in [5.41, 5.74) is -1.12. The normalized spacial score (nSPS) is 24.7. The molecule has 2 fully saturated rings. The number of carboxylic acid groups (broad SMARTS) is 1. The fraction of sp³-hybridized carbons (Fsp3) is 0.882. The molecule has 2 saturated heterocycles. The number of amides is 1. The smallest absolute Gasteiger partial charge is 0.410 e. The molecule has 0 spiro atoms. The van der Waals surface area contributed by atoms with Crippen LogP contribution >= 0.6 is 0 Å². The van der Waals surface area contributed by atoms with Crippen LogP contribution in [0.1, 0.15) is 27.2 Å². The molecule has 2 heterocycles. The summed E-state index contributed by atoms with van der Waals surface area (Å²) in [5, 5.41) is 12.7. The number of carboxylic acids is 1. The van der Waals surface area contributed by atoms with Crippen LogP contribution in [0, 0.1) is 0 Å². The largest absolute Gasteiger partial charge is 0.481 e. The molecule has 0 radical (unpaired) electrons. The molecule has 0 aromatic heterocycles. The van der Waals surface area contributed by atoms with Gasteiger partial charge in [-0.3, -0.25) is 9.69 Å². The summed E-state index contributed by atoms with van der Waals surface area (Å²) < 4.78 is 5.36. The molecule has 0 aromatic rings. The van der Waals surface area contributed by atoms with Crippen molar-refractivity contribution < 1.29 is 19.4 Å². The SMILES string of the molecule is CN1CCN(C)C(CNC2(CC(=O)O)CN(C(=O)OC(C)(C)C)C2)C1. The van der Waals surface area contributed by atoms with Gasteiger partial charge in [0.25, 0.3) is 0 Å². The molecule has 0 aliphatic carbocycles. The third-order valence-corrected chi connectivity index (χ3v) is 4.82. The van der Waals surface area contributed by atoms with E-state index in [9.17, 15) is 14.7 Å². The molecule has 1 atom stereocenters. The standard InChI is InChI=1S/C17H32N4O4/c1-16(2,3)25-15(24)21-11-17(12-21,8-14(22)23)18-9-13-10-19(4)6-7-20(13)5/h13,18H,6-12H2,1-5H3,(H,22,23). The Kier molecular flexibility index (Phi) is 5.96. The van der Waals surface area contributed by atoms with E-state index in [-0.39, 0.29) is 12.5 Å². The van der Waals surface area contributed by atoms with Crippen LogP contribution in [0.3, 0.4) is 0 Å². The minimum absolute atomic E-state index is 0.00142. The maximum absolute atomic E-state index is 12.1. The Morgan fingerprint density at radius 1 is 1.24 bits per heavy atom. The Bertz CT molecular complexity index is 499. The van der Waals surface area contributed by atoms with Crippen LogP contribution in [0.4, 0.5) is 4.79 Å². The zero-order valence-electron chi connectivity index (χ0n) is 16.0. The topological polar surface area (TPSA) is 85.4 Å². The lowest BCUT2D eigenvalue weighted by Crippen LogP contribution is -2.72. The van der Waals surface area contributed by atoms with E-state index in [0.717, 1.165) is 19.6 Å². The van der Waals surface area contributed by atoms with Gasteiger partial charge in [-0.2, -0.15) is 0 Å². The predicted octanol–water partition coefficient (Wildman–Crippen LogP) is 0.286. The van der Waals surface area contributed by atoms with Crippen LogP contribution in [0.25, 0.3) is 0 Å². The molecule has 25 heavy (non-hydrogen) atoms. The van der Waals surface area contributed by atoms with E-state index < -0.39 is 17.1 Å². The van der Waals surface area contributed by atoms with Gasteiger partial charge >= 0.3 is 12.1 Å². The number of ether oxygens (including phenoxy) is 1. The van der Waals surface area contributed by atoms with Crippen molar-refractivity contribution in [1.29, 1.82) is 0 Å². The predicted molar refractivity (Wildman–Crippen MR) is 94.7 cm³/mol. The molecule has 2 aliphatic heterocycles. The zero-order chi connectivity index (χ0) is 18.8. The summed E-state index contributed by atoms with van der Waals surface area (Å²) >= 11 is 0. The molecular weight excluding hydrogens is 324 g/mol. The quantitative estimate of drug-likeness (QED) is 0.732. The average Bonchev–Trinajstić information content (AvgIpc) is 2.42. The van der Waals surface area contributed by atoms with Gasteiger partial charge in [-0.25, -0.2) is 4.79 Å². The number of carbonyl (C=O) groups excluding carboxylic acids is 1. The lowest BCUT2D eigenvalue weighted by Gasteiger charge is -2.51. The Balaban J connectivity index is 1.92. The third-order valence-electron chi connectivity index (χ3n) is 4.82. The maximum Gasteiger partial charge on any atom is 0.410 e. The molecule has 1 unspecified atom stereocenters. The summed E-state index contributed by atoms with van der Waals surface area (Å²) in [6, 6.07) is 0.333. The average molecular weight is 356 g/mol. The molecule has 144 valence electrons. The van der Waals surface area contributed by atoms with Gasteiger partial charge in [0.2, 0.25) is 0 Å². The number of aliphatic carboxylic acids is 1. The van der Waals surface area contributed by atoms with Gasteiger partial charge in [-0.1, -0.05) is 0 Å². The maximum atomic E-state index is 12.1. The van der Waals surface area contributed by atoms with Gasteiger partial charge in [-0.05, 0) is 34.9 Å². The summed E-state index contributed by atoms with van der Waals surface area (Å²) in [5.74, 6) is -0.856. The highest BCUT2D eigenvalue weighted by Crippen LogP contribution is 2.27. The summed E-state index contributed by atoms with van der Waals surface area (Å²) in [6.45, 7) is 9.88. The molecule has 2 aliphatic rings. The molecule has 8 heteroatoms. The number of likely N-dealkylation sites (N-methyl/N-ethyl adjacent to an activating group) is 2. The van der Waals surface area contributed by atoms with Gasteiger partial charge in [0, 0.05) is 45.3 Å². The minimum atomic E-state index is -0.856. The highest BCUT2D eigenvalue weighted by molar-refractivity contribution is 5.73. The van der Waals surface area contributed by atoms with Crippen molar-refractivity contribution in [2.45, 2.75) is 44.4 Å². The highest BCUT2D eigenvalue weighted by atomic mass is 16.6. The molecule has 0 saturated carbocycles. The van der Waals surface area contributed by atoms with E-state index in [0.29, 0.717) is 25.7 Å². The Hall–Kier alpha value is -1.38. The highest BCUT2D eigenvalue weighted by Gasteiger charge is 2.48. The molecule has 1 amide bonds. The summed E-state index contributed by atoms with van der Waals surface area (Å²) in [4.78, 5) is 29.6.